The minimum absolute atomic E-state index is 0.0115. The number of hydrogen-bond donors (Lipinski definition) is 4. The summed E-state index contributed by atoms with van der Waals surface area (Å²) in [4.78, 5) is 12.8. The van der Waals surface area contributed by atoms with Crippen LogP contribution in [0.3, 0.4) is 0 Å². The van der Waals surface area contributed by atoms with Crippen LogP contribution in [0.4, 0.5) is 0 Å². The second-order valence-electron chi connectivity index (χ2n) is 14.6. The molecule has 11 atom stereocenters. The highest BCUT2D eigenvalue weighted by atomic mass is 16.4. The number of fused-ring (bicyclic) bond motifs is 7. The van der Waals surface area contributed by atoms with Gasteiger partial charge in [0.2, 0.25) is 0 Å². The maximum Gasteiger partial charge on any atom is 0.310 e. The van der Waals surface area contributed by atoms with Crippen molar-refractivity contribution >= 4 is 5.97 Å². The zero-order chi connectivity index (χ0) is 25.8. The molecule has 0 aromatic heterocycles. The Labute approximate surface area is 211 Å². The standard InChI is InChI=1S/C30H48O5/c1-18-9-14-30(24(33)34)16-15-27(4)19(23(30)29(18,6)35)7-8-21-25(2)12-11-22(32)26(3,17-31)20(25)10-13-28(21,27)5/h7,18,20-23,31-32,35H,8-17H2,1-6H3,(H,33,34)/t18-,20-,21-,22+,23+,25-,26-,27-,28+,29-,30+/m1/s1. The first kappa shape index (κ1) is 25.7. The van der Waals surface area contributed by atoms with Crippen LogP contribution in [0, 0.1) is 50.7 Å². The quantitative estimate of drug-likeness (QED) is 0.402. The van der Waals surface area contributed by atoms with Gasteiger partial charge in [-0.15, -0.1) is 0 Å². The number of aliphatic hydroxyl groups is 3. The molecule has 0 bridgehead atoms. The molecule has 0 heterocycles. The van der Waals surface area contributed by atoms with Gasteiger partial charge in [-0.3, -0.25) is 4.79 Å². The van der Waals surface area contributed by atoms with Gasteiger partial charge >= 0.3 is 5.97 Å². The van der Waals surface area contributed by atoms with Crippen LogP contribution in [-0.2, 0) is 4.79 Å². The highest BCUT2D eigenvalue weighted by Gasteiger charge is 2.71. The largest absolute Gasteiger partial charge is 0.481 e. The van der Waals surface area contributed by atoms with E-state index in [1.54, 1.807) is 0 Å². The third kappa shape index (κ3) is 2.90. The average Bonchev–Trinajstić information content (AvgIpc) is 2.79. The van der Waals surface area contributed by atoms with Crippen molar-refractivity contribution in [2.24, 2.45) is 50.7 Å². The number of allylic oxidation sites excluding steroid dienone is 1. The lowest BCUT2D eigenvalue weighted by molar-refractivity contribution is -0.225. The maximum absolute atomic E-state index is 12.8. The fourth-order valence-electron chi connectivity index (χ4n) is 10.9. The monoisotopic (exact) mass is 488 g/mol. The SMILES string of the molecule is C[C@@H]1CC[C@]2(C(=O)O)CC[C@]3(C)C(=CC[C@@H]4[C@]5(C)CC[C@H](O)[C@](C)(CO)[C@@H]5CC[C@@]43C)[C@H]2[C@]1(C)O. The van der Waals surface area contributed by atoms with Crippen LogP contribution in [0.15, 0.2) is 11.6 Å². The molecule has 5 nitrogen and oxygen atoms in total. The topological polar surface area (TPSA) is 98.0 Å². The Kier molecular flexibility index (Phi) is 5.56. The molecule has 0 unspecified atom stereocenters. The second-order valence-corrected chi connectivity index (χ2v) is 14.6. The predicted molar refractivity (Wildman–Crippen MR) is 135 cm³/mol. The highest BCUT2D eigenvalue weighted by molar-refractivity contribution is 5.77. The van der Waals surface area contributed by atoms with Gasteiger partial charge in [0.05, 0.1) is 23.7 Å². The van der Waals surface area contributed by atoms with E-state index in [1.165, 1.54) is 5.57 Å². The summed E-state index contributed by atoms with van der Waals surface area (Å²) in [5.74, 6) is -0.356. The Morgan fingerprint density at radius 3 is 2.29 bits per heavy atom. The average molecular weight is 489 g/mol. The van der Waals surface area contributed by atoms with Crippen molar-refractivity contribution in [2.45, 2.75) is 111 Å². The van der Waals surface area contributed by atoms with Crippen molar-refractivity contribution < 1.29 is 25.2 Å². The first-order valence-corrected chi connectivity index (χ1v) is 14.1. The van der Waals surface area contributed by atoms with Gasteiger partial charge in [-0.2, -0.15) is 0 Å². The van der Waals surface area contributed by atoms with Crippen molar-refractivity contribution in [2.75, 3.05) is 6.61 Å². The molecule has 4 N–H and O–H groups in total. The molecular weight excluding hydrogens is 440 g/mol. The van der Waals surface area contributed by atoms with E-state index in [1.807, 2.05) is 6.92 Å². The van der Waals surface area contributed by atoms with Crippen LogP contribution in [0.25, 0.3) is 0 Å². The summed E-state index contributed by atoms with van der Waals surface area (Å²) in [6.07, 6.45) is 9.32. The van der Waals surface area contributed by atoms with Crippen LogP contribution in [0.5, 0.6) is 0 Å². The fraction of sp³-hybridized carbons (Fsp3) is 0.900. The zero-order valence-corrected chi connectivity index (χ0v) is 22.7. The Balaban J connectivity index is 1.64. The Hall–Kier alpha value is -0.910. The molecule has 5 aliphatic rings. The van der Waals surface area contributed by atoms with E-state index >= 15 is 0 Å². The highest BCUT2D eigenvalue weighted by Crippen LogP contribution is 2.76. The number of carboxylic acids is 1. The van der Waals surface area contributed by atoms with E-state index in [0.29, 0.717) is 18.8 Å². The lowest BCUT2D eigenvalue weighted by atomic mass is 9.33. The van der Waals surface area contributed by atoms with Crippen molar-refractivity contribution in [3.63, 3.8) is 0 Å². The third-order valence-electron chi connectivity index (χ3n) is 13.6. The lowest BCUT2D eigenvalue weighted by Gasteiger charge is -2.71. The first-order valence-electron chi connectivity index (χ1n) is 14.1. The Morgan fingerprint density at radius 2 is 1.66 bits per heavy atom. The van der Waals surface area contributed by atoms with E-state index < -0.39 is 28.5 Å². The van der Waals surface area contributed by atoms with Gasteiger partial charge in [0, 0.05) is 11.3 Å². The molecule has 0 spiro atoms. The molecule has 5 rings (SSSR count). The summed E-state index contributed by atoms with van der Waals surface area (Å²) in [5.41, 5.74) is -1.35. The Morgan fingerprint density at radius 1 is 0.971 bits per heavy atom. The number of aliphatic hydroxyl groups excluding tert-OH is 2. The maximum atomic E-state index is 12.8. The van der Waals surface area contributed by atoms with Crippen LogP contribution in [0.1, 0.15) is 99.3 Å². The molecule has 0 aromatic carbocycles. The summed E-state index contributed by atoms with van der Waals surface area (Å²) < 4.78 is 0. The predicted octanol–water partition coefficient (Wildman–Crippen LogP) is 5.18. The molecule has 0 saturated heterocycles. The number of aliphatic carboxylic acids is 1. The van der Waals surface area contributed by atoms with Gasteiger partial charge in [0.15, 0.2) is 0 Å². The van der Waals surface area contributed by atoms with Gasteiger partial charge in [0.25, 0.3) is 0 Å². The molecule has 35 heavy (non-hydrogen) atoms. The number of hydrogen-bond acceptors (Lipinski definition) is 4. The molecule has 5 aliphatic carbocycles. The molecule has 0 amide bonds. The molecule has 4 fully saturated rings. The first-order chi connectivity index (χ1) is 16.1. The van der Waals surface area contributed by atoms with E-state index in [2.05, 4.69) is 40.7 Å². The van der Waals surface area contributed by atoms with Crippen LogP contribution < -0.4 is 0 Å². The van der Waals surface area contributed by atoms with Crippen molar-refractivity contribution in [3.8, 4) is 0 Å². The van der Waals surface area contributed by atoms with E-state index in [0.717, 1.165) is 44.9 Å². The molecule has 0 aliphatic heterocycles. The van der Waals surface area contributed by atoms with Crippen LogP contribution in [0.2, 0.25) is 0 Å². The van der Waals surface area contributed by atoms with Crippen LogP contribution in [-0.4, -0.2) is 44.7 Å². The lowest BCUT2D eigenvalue weighted by Crippen LogP contribution is -2.68. The molecule has 4 saturated carbocycles. The van der Waals surface area contributed by atoms with Crippen LogP contribution >= 0.6 is 0 Å². The smallest absolute Gasteiger partial charge is 0.310 e. The summed E-state index contributed by atoms with van der Waals surface area (Å²) >= 11 is 0. The van der Waals surface area contributed by atoms with Crippen molar-refractivity contribution in [1.29, 1.82) is 0 Å². The number of carbonyl (C=O) groups is 1. The molecular formula is C30H48O5. The van der Waals surface area contributed by atoms with Gasteiger partial charge in [-0.1, -0.05) is 46.3 Å². The van der Waals surface area contributed by atoms with Gasteiger partial charge in [-0.05, 0) is 98.7 Å². The second kappa shape index (κ2) is 7.57. The molecule has 5 heteroatoms. The number of carboxylic acid groups (broad SMARTS) is 1. The summed E-state index contributed by atoms with van der Waals surface area (Å²) in [7, 11) is 0. The summed E-state index contributed by atoms with van der Waals surface area (Å²) in [6, 6.07) is 0. The normalized spacial score (nSPS) is 57.7. The molecule has 0 radical (unpaired) electrons. The van der Waals surface area contributed by atoms with Crippen molar-refractivity contribution in [3.05, 3.63) is 11.6 Å². The molecule has 198 valence electrons. The van der Waals surface area contributed by atoms with E-state index in [-0.39, 0.29) is 40.6 Å². The summed E-state index contributed by atoms with van der Waals surface area (Å²) in [5, 5.41) is 43.8. The van der Waals surface area contributed by atoms with Gasteiger partial charge < -0.3 is 20.4 Å². The van der Waals surface area contributed by atoms with Gasteiger partial charge in [-0.25, -0.2) is 0 Å². The fourth-order valence-corrected chi connectivity index (χ4v) is 10.9. The van der Waals surface area contributed by atoms with Crippen molar-refractivity contribution in [1.82, 2.24) is 0 Å². The minimum atomic E-state index is -1.04. The van der Waals surface area contributed by atoms with Gasteiger partial charge in [0.1, 0.15) is 0 Å². The Bertz CT molecular complexity index is 941. The molecule has 0 aromatic rings. The third-order valence-corrected chi connectivity index (χ3v) is 13.6. The number of rotatable bonds is 2. The van der Waals surface area contributed by atoms with E-state index in [4.69, 9.17) is 0 Å². The zero-order valence-electron chi connectivity index (χ0n) is 22.7. The van der Waals surface area contributed by atoms with E-state index in [9.17, 15) is 25.2 Å². The minimum Gasteiger partial charge on any atom is -0.481 e. The summed E-state index contributed by atoms with van der Waals surface area (Å²) in [6.45, 7) is 13.3.